The van der Waals surface area contributed by atoms with Crippen LogP contribution in [0.4, 0.5) is 13.2 Å². The van der Waals surface area contributed by atoms with E-state index in [1.807, 2.05) is 0 Å². The standard InChI is InChI=1S/C9H16F3N3/c1-5(2)7(9(10,11)12)6(3-4-13)8(14)15/h3-5,7H,13-15H2,1-2H3/b4-3-. The predicted octanol–water partition coefficient (Wildman–Crippen LogP) is 1.42. The molecule has 6 heteroatoms. The molecule has 0 aliphatic rings. The van der Waals surface area contributed by atoms with Crippen LogP contribution in [0.1, 0.15) is 13.8 Å². The normalized spacial score (nSPS) is 14.5. The van der Waals surface area contributed by atoms with Gasteiger partial charge in [-0.15, -0.1) is 0 Å². The third kappa shape index (κ3) is 3.73. The lowest BCUT2D eigenvalue weighted by Gasteiger charge is -2.25. The highest BCUT2D eigenvalue weighted by molar-refractivity contribution is 5.26. The topological polar surface area (TPSA) is 78.1 Å². The number of hydrogen-bond donors (Lipinski definition) is 3. The van der Waals surface area contributed by atoms with Crippen LogP contribution in [0.25, 0.3) is 0 Å². The maximum Gasteiger partial charge on any atom is 0.396 e. The Balaban J connectivity index is 5.33. The van der Waals surface area contributed by atoms with Crippen molar-refractivity contribution in [2.24, 2.45) is 29.0 Å². The summed E-state index contributed by atoms with van der Waals surface area (Å²) in [7, 11) is 0. The smallest absolute Gasteiger partial charge is 0.396 e. The van der Waals surface area contributed by atoms with Gasteiger partial charge in [0.15, 0.2) is 0 Å². The highest BCUT2D eigenvalue weighted by Crippen LogP contribution is 2.37. The highest BCUT2D eigenvalue weighted by atomic mass is 19.4. The van der Waals surface area contributed by atoms with Gasteiger partial charge in [-0.2, -0.15) is 13.2 Å². The van der Waals surface area contributed by atoms with Crippen LogP contribution in [-0.4, -0.2) is 6.18 Å². The van der Waals surface area contributed by atoms with E-state index >= 15 is 0 Å². The third-order valence-electron chi connectivity index (χ3n) is 1.96. The number of hydrogen-bond acceptors (Lipinski definition) is 3. The zero-order valence-corrected chi connectivity index (χ0v) is 8.68. The molecule has 0 aromatic carbocycles. The molecule has 15 heavy (non-hydrogen) atoms. The first-order valence-corrected chi connectivity index (χ1v) is 4.42. The SMILES string of the molecule is CC(C)C(C(/C=C\N)=C(N)N)C(F)(F)F. The van der Waals surface area contributed by atoms with Crippen LogP contribution in [0.2, 0.25) is 0 Å². The summed E-state index contributed by atoms with van der Waals surface area (Å²) in [5.74, 6) is -2.70. The Morgan fingerprint density at radius 3 is 1.87 bits per heavy atom. The van der Waals surface area contributed by atoms with Gasteiger partial charge in [0, 0.05) is 5.57 Å². The molecule has 0 bridgehead atoms. The Hall–Kier alpha value is -1.33. The molecular formula is C9H16F3N3. The summed E-state index contributed by atoms with van der Waals surface area (Å²) in [4.78, 5) is 0. The van der Waals surface area contributed by atoms with E-state index in [-0.39, 0.29) is 11.4 Å². The van der Waals surface area contributed by atoms with E-state index in [9.17, 15) is 13.2 Å². The molecule has 88 valence electrons. The molecule has 0 heterocycles. The molecule has 0 amide bonds. The minimum absolute atomic E-state index is 0.181. The van der Waals surface area contributed by atoms with Crippen LogP contribution < -0.4 is 17.2 Å². The summed E-state index contributed by atoms with van der Waals surface area (Å²) in [5, 5.41) is 0. The number of nitrogens with two attached hydrogens (primary N) is 3. The fourth-order valence-electron chi connectivity index (χ4n) is 1.40. The van der Waals surface area contributed by atoms with E-state index in [4.69, 9.17) is 17.2 Å². The Kier molecular flexibility index (Phi) is 4.51. The van der Waals surface area contributed by atoms with Crippen LogP contribution >= 0.6 is 0 Å². The van der Waals surface area contributed by atoms with Crippen molar-refractivity contribution < 1.29 is 13.2 Å². The number of halogens is 3. The second kappa shape index (κ2) is 4.95. The molecule has 0 radical (unpaired) electrons. The van der Waals surface area contributed by atoms with Crippen molar-refractivity contribution in [1.29, 1.82) is 0 Å². The Labute approximate surface area is 86.8 Å². The molecule has 0 aliphatic carbocycles. The van der Waals surface area contributed by atoms with Crippen molar-refractivity contribution in [2.75, 3.05) is 0 Å². The van der Waals surface area contributed by atoms with Gasteiger partial charge in [0.25, 0.3) is 0 Å². The van der Waals surface area contributed by atoms with E-state index in [1.54, 1.807) is 0 Å². The van der Waals surface area contributed by atoms with Gasteiger partial charge in [-0.05, 0) is 18.2 Å². The lowest BCUT2D eigenvalue weighted by molar-refractivity contribution is -0.173. The maximum atomic E-state index is 12.7. The number of alkyl halides is 3. The summed E-state index contributed by atoms with van der Waals surface area (Å²) in [6, 6.07) is 0. The second-order valence-corrected chi connectivity index (χ2v) is 3.53. The quantitative estimate of drug-likeness (QED) is 0.633. The lowest BCUT2D eigenvalue weighted by atomic mass is 9.87. The van der Waals surface area contributed by atoms with E-state index in [1.165, 1.54) is 13.8 Å². The summed E-state index contributed by atoms with van der Waals surface area (Å²) >= 11 is 0. The van der Waals surface area contributed by atoms with Gasteiger partial charge >= 0.3 is 6.18 Å². The van der Waals surface area contributed by atoms with Gasteiger partial charge in [0.2, 0.25) is 0 Å². The van der Waals surface area contributed by atoms with Crippen LogP contribution in [0.5, 0.6) is 0 Å². The fraction of sp³-hybridized carbons (Fsp3) is 0.556. The predicted molar refractivity (Wildman–Crippen MR) is 53.1 cm³/mol. The molecule has 0 aliphatic heterocycles. The molecule has 0 aromatic rings. The molecular weight excluding hydrogens is 207 g/mol. The lowest BCUT2D eigenvalue weighted by Crippen LogP contribution is -2.32. The van der Waals surface area contributed by atoms with Crippen molar-refractivity contribution in [3.8, 4) is 0 Å². The van der Waals surface area contributed by atoms with Gasteiger partial charge in [0.05, 0.1) is 11.7 Å². The first-order valence-electron chi connectivity index (χ1n) is 4.42. The maximum absolute atomic E-state index is 12.7. The molecule has 1 atom stereocenters. The largest absolute Gasteiger partial charge is 0.405 e. The summed E-state index contributed by atoms with van der Waals surface area (Å²) in [6.45, 7) is 2.90. The van der Waals surface area contributed by atoms with Crippen molar-refractivity contribution in [3.05, 3.63) is 23.7 Å². The summed E-state index contributed by atoms with van der Waals surface area (Å²) in [6.07, 6.45) is -2.29. The fourth-order valence-corrected chi connectivity index (χ4v) is 1.40. The van der Waals surface area contributed by atoms with Crippen molar-refractivity contribution >= 4 is 0 Å². The zero-order valence-electron chi connectivity index (χ0n) is 8.68. The van der Waals surface area contributed by atoms with Gasteiger partial charge in [-0.1, -0.05) is 13.8 Å². The van der Waals surface area contributed by atoms with Crippen LogP contribution in [0.3, 0.4) is 0 Å². The third-order valence-corrected chi connectivity index (χ3v) is 1.96. The van der Waals surface area contributed by atoms with Crippen molar-refractivity contribution in [1.82, 2.24) is 0 Å². The summed E-state index contributed by atoms with van der Waals surface area (Å²) < 4.78 is 38.1. The average Bonchev–Trinajstić information content (AvgIpc) is 1.99. The number of allylic oxidation sites excluding steroid dienone is 2. The molecule has 6 N–H and O–H groups in total. The minimum atomic E-state index is -4.38. The van der Waals surface area contributed by atoms with Gasteiger partial charge < -0.3 is 17.2 Å². The molecule has 1 unspecified atom stereocenters. The van der Waals surface area contributed by atoms with Gasteiger partial charge in [-0.25, -0.2) is 0 Å². The van der Waals surface area contributed by atoms with Crippen LogP contribution in [0, 0.1) is 11.8 Å². The molecule has 0 saturated heterocycles. The summed E-state index contributed by atoms with van der Waals surface area (Å²) in [5.41, 5.74) is 15.3. The molecule has 3 nitrogen and oxygen atoms in total. The second-order valence-electron chi connectivity index (χ2n) is 3.53. The molecule has 0 rings (SSSR count). The first kappa shape index (κ1) is 13.7. The number of rotatable bonds is 3. The average molecular weight is 223 g/mol. The molecule has 0 aromatic heterocycles. The minimum Gasteiger partial charge on any atom is -0.405 e. The zero-order chi connectivity index (χ0) is 12.2. The van der Waals surface area contributed by atoms with E-state index in [0.29, 0.717) is 0 Å². The molecule has 0 fully saturated rings. The van der Waals surface area contributed by atoms with E-state index in [2.05, 4.69) is 0 Å². The van der Waals surface area contributed by atoms with Crippen LogP contribution in [-0.2, 0) is 0 Å². The van der Waals surface area contributed by atoms with Gasteiger partial charge in [0.1, 0.15) is 0 Å². The van der Waals surface area contributed by atoms with Gasteiger partial charge in [-0.3, -0.25) is 0 Å². The Morgan fingerprint density at radius 1 is 1.20 bits per heavy atom. The molecule has 0 saturated carbocycles. The molecule has 0 spiro atoms. The van der Waals surface area contributed by atoms with E-state index in [0.717, 1.165) is 12.3 Å². The van der Waals surface area contributed by atoms with Crippen LogP contribution in [0.15, 0.2) is 23.7 Å². The van der Waals surface area contributed by atoms with Crippen molar-refractivity contribution in [2.45, 2.75) is 20.0 Å². The highest BCUT2D eigenvalue weighted by Gasteiger charge is 2.43. The van der Waals surface area contributed by atoms with E-state index < -0.39 is 18.0 Å². The van der Waals surface area contributed by atoms with Crippen molar-refractivity contribution in [3.63, 3.8) is 0 Å². The monoisotopic (exact) mass is 223 g/mol. The Morgan fingerprint density at radius 2 is 1.67 bits per heavy atom. The first-order chi connectivity index (χ1) is 6.71. The Bertz CT molecular complexity index is 262.